The van der Waals surface area contributed by atoms with E-state index in [1.165, 1.54) is 23.7 Å². The van der Waals surface area contributed by atoms with Crippen LogP contribution in [0.2, 0.25) is 0 Å². The molecule has 2 heterocycles. The summed E-state index contributed by atoms with van der Waals surface area (Å²) in [6, 6.07) is 19.5. The SMILES string of the molecule is CC(=O)OC(C)C(C(c1ccccc1)N1CCCc2ccccc21)N1CCOCC1. The number of ether oxygens (including phenoxy) is 2. The highest BCUT2D eigenvalue weighted by atomic mass is 16.5. The summed E-state index contributed by atoms with van der Waals surface area (Å²) in [5.41, 5.74) is 3.95. The Bertz CT molecular complexity index is 835. The number of para-hydroxylation sites is 1. The number of carbonyl (C=O) groups excluding carboxylic acids is 1. The highest BCUT2D eigenvalue weighted by Crippen LogP contribution is 2.39. The predicted molar refractivity (Wildman–Crippen MR) is 119 cm³/mol. The maximum absolute atomic E-state index is 11.9. The van der Waals surface area contributed by atoms with E-state index in [9.17, 15) is 4.79 Å². The molecule has 1 fully saturated rings. The van der Waals surface area contributed by atoms with Crippen LogP contribution in [0.15, 0.2) is 54.6 Å². The van der Waals surface area contributed by atoms with Crippen LogP contribution in [-0.4, -0.2) is 55.9 Å². The van der Waals surface area contributed by atoms with Crippen molar-refractivity contribution in [3.8, 4) is 0 Å². The van der Waals surface area contributed by atoms with Crippen molar-refractivity contribution < 1.29 is 14.3 Å². The van der Waals surface area contributed by atoms with Gasteiger partial charge in [0.15, 0.2) is 0 Å². The van der Waals surface area contributed by atoms with E-state index in [0.29, 0.717) is 13.2 Å². The molecule has 0 radical (unpaired) electrons. The number of benzene rings is 2. The van der Waals surface area contributed by atoms with Gasteiger partial charge in [-0.05, 0) is 37.0 Å². The Kier molecular flexibility index (Phi) is 6.70. The first-order valence-corrected chi connectivity index (χ1v) is 11.0. The Morgan fingerprint density at radius 1 is 1.00 bits per heavy atom. The molecule has 3 unspecified atom stereocenters. The van der Waals surface area contributed by atoms with Crippen LogP contribution in [0.3, 0.4) is 0 Å². The zero-order chi connectivity index (χ0) is 20.9. The molecule has 3 atom stereocenters. The molecule has 2 aliphatic heterocycles. The third-order valence-corrected chi connectivity index (χ3v) is 6.25. The Balaban J connectivity index is 1.79. The first-order chi connectivity index (χ1) is 14.6. The number of anilines is 1. The van der Waals surface area contributed by atoms with Crippen molar-refractivity contribution in [3.63, 3.8) is 0 Å². The molecule has 0 aromatic heterocycles. The van der Waals surface area contributed by atoms with Crippen LogP contribution in [0, 0.1) is 0 Å². The maximum atomic E-state index is 11.9. The summed E-state index contributed by atoms with van der Waals surface area (Å²) in [5, 5.41) is 0. The number of carbonyl (C=O) groups is 1. The van der Waals surface area contributed by atoms with Crippen molar-refractivity contribution in [1.82, 2.24) is 4.90 Å². The zero-order valence-corrected chi connectivity index (χ0v) is 18.0. The van der Waals surface area contributed by atoms with E-state index < -0.39 is 0 Å². The summed E-state index contributed by atoms with van der Waals surface area (Å²) in [4.78, 5) is 16.9. The minimum absolute atomic E-state index is 0.0337. The van der Waals surface area contributed by atoms with Gasteiger partial charge in [0.25, 0.3) is 0 Å². The molecule has 0 N–H and O–H groups in total. The monoisotopic (exact) mass is 408 g/mol. The van der Waals surface area contributed by atoms with Gasteiger partial charge in [-0.15, -0.1) is 0 Å². The average molecular weight is 409 g/mol. The van der Waals surface area contributed by atoms with Gasteiger partial charge in [-0.1, -0.05) is 48.5 Å². The molecule has 30 heavy (non-hydrogen) atoms. The van der Waals surface area contributed by atoms with E-state index in [1.807, 2.05) is 6.92 Å². The van der Waals surface area contributed by atoms with E-state index in [2.05, 4.69) is 64.4 Å². The van der Waals surface area contributed by atoms with Crippen molar-refractivity contribution in [2.45, 2.75) is 44.9 Å². The Morgan fingerprint density at radius 2 is 1.70 bits per heavy atom. The van der Waals surface area contributed by atoms with Gasteiger partial charge >= 0.3 is 5.97 Å². The number of morpholine rings is 1. The fraction of sp³-hybridized carbons (Fsp3) is 0.480. The molecule has 0 saturated carbocycles. The van der Waals surface area contributed by atoms with Crippen molar-refractivity contribution in [1.29, 1.82) is 0 Å². The summed E-state index contributed by atoms with van der Waals surface area (Å²) in [6.45, 7) is 7.63. The fourth-order valence-electron chi connectivity index (χ4n) is 5.02. The van der Waals surface area contributed by atoms with Gasteiger partial charge in [0.2, 0.25) is 0 Å². The van der Waals surface area contributed by atoms with E-state index in [1.54, 1.807) is 0 Å². The van der Waals surface area contributed by atoms with Gasteiger partial charge in [-0.25, -0.2) is 0 Å². The molecule has 1 saturated heterocycles. The Hall–Kier alpha value is -2.37. The van der Waals surface area contributed by atoms with Crippen LogP contribution in [-0.2, 0) is 20.7 Å². The number of aryl methyl sites for hydroxylation is 1. The molecule has 0 amide bonds. The molecular weight excluding hydrogens is 376 g/mol. The molecule has 0 spiro atoms. The number of fused-ring (bicyclic) bond motifs is 1. The van der Waals surface area contributed by atoms with Gasteiger partial charge in [-0.3, -0.25) is 9.69 Å². The van der Waals surface area contributed by atoms with Gasteiger partial charge in [0, 0.05) is 32.2 Å². The Morgan fingerprint density at radius 3 is 2.43 bits per heavy atom. The second-order valence-electron chi connectivity index (χ2n) is 8.23. The van der Waals surface area contributed by atoms with Crippen LogP contribution < -0.4 is 4.90 Å². The molecule has 0 bridgehead atoms. The lowest BCUT2D eigenvalue weighted by atomic mass is 9.89. The summed E-state index contributed by atoms with van der Waals surface area (Å²) in [5.74, 6) is -0.230. The van der Waals surface area contributed by atoms with Gasteiger partial charge in [0.1, 0.15) is 6.10 Å². The second kappa shape index (κ2) is 9.63. The summed E-state index contributed by atoms with van der Waals surface area (Å²) in [7, 11) is 0. The van der Waals surface area contributed by atoms with E-state index in [-0.39, 0.29) is 24.2 Å². The van der Waals surface area contributed by atoms with Gasteiger partial charge < -0.3 is 14.4 Å². The number of nitrogens with zero attached hydrogens (tertiary/aromatic N) is 2. The standard InChI is InChI=1S/C25H32N2O3/c1-19(30-20(2)28)24(26-15-17-29-18-16-26)25(22-10-4-3-5-11-22)27-14-8-12-21-9-6-7-13-23(21)27/h3-7,9-11,13,19,24-25H,8,12,14-18H2,1-2H3. The minimum atomic E-state index is -0.236. The molecule has 2 aromatic rings. The summed E-state index contributed by atoms with van der Waals surface area (Å²) < 4.78 is 11.4. The first kappa shape index (κ1) is 20.9. The molecule has 0 aliphatic carbocycles. The number of hydrogen-bond donors (Lipinski definition) is 0. The predicted octanol–water partition coefficient (Wildman–Crippen LogP) is 3.83. The van der Waals surface area contributed by atoms with Crippen molar-refractivity contribution in [2.24, 2.45) is 0 Å². The molecule has 4 rings (SSSR count). The second-order valence-corrected chi connectivity index (χ2v) is 8.23. The van der Waals surface area contributed by atoms with E-state index in [4.69, 9.17) is 9.47 Å². The summed E-state index contributed by atoms with van der Waals surface area (Å²) >= 11 is 0. The molecule has 160 valence electrons. The van der Waals surface area contributed by atoms with E-state index >= 15 is 0 Å². The van der Waals surface area contributed by atoms with Crippen LogP contribution >= 0.6 is 0 Å². The highest BCUT2D eigenvalue weighted by Gasteiger charge is 2.40. The van der Waals surface area contributed by atoms with Crippen molar-refractivity contribution >= 4 is 11.7 Å². The molecular formula is C25H32N2O3. The van der Waals surface area contributed by atoms with Crippen LogP contribution in [0.4, 0.5) is 5.69 Å². The van der Waals surface area contributed by atoms with Crippen LogP contribution in [0.1, 0.15) is 37.4 Å². The topological polar surface area (TPSA) is 42.0 Å². The molecule has 5 heteroatoms. The largest absolute Gasteiger partial charge is 0.461 e. The summed E-state index contributed by atoms with van der Waals surface area (Å²) in [6.07, 6.45) is 1.99. The van der Waals surface area contributed by atoms with Crippen LogP contribution in [0.5, 0.6) is 0 Å². The lowest BCUT2D eigenvalue weighted by Crippen LogP contribution is -2.56. The van der Waals surface area contributed by atoms with Crippen molar-refractivity contribution in [2.75, 3.05) is 37.7 Å². The lowest BCUT2D eigenvalue weighted by Gasteiger charge is -2.48. The van der Waals surface area contributed by atoms with Gasteiger partial charge in [-0.2, -0.15) is 0 Å². The number of esters is 1. The third kappa shape index (κ3) is 4.52. The smallest absolute Gasteiger partial charge is 0.302 e. The number of rotatable bonds is 6. The average Bonchev–Trinajstić information content (AvgIpc) is 2.78. The lowest BCUT2D eigenvalue weighted by molar-refractivity contribution is -0.150. The first-order valence-electron chi connectivity index (χ1n) is 11.0. The molecule has 5 nitrogen and oxygen atoms in total. The highest BCUT2D eigenvalue weighted by molar-refractivity contribution is 5.66. The van der Waals surface area contributed by atoms with Crippen LogP contribution in [0.25, 0.3) is 0 Å². The van der Waals surface area contributed by atoms with Crippen molar-refractivity contribution in [3.05, 3.63) is 65.7 Å². The fourth-order valence-corrected chi connectivity index (χ4v) is 5.02. The third-order valence-electron chi connectivity index (χ3n) is 6.25. The molecule has 2 aliphatic rings. The normalized spacial score (nSPS) is 20.1. The van der Waals surface area contributed by atoms with Gasteiger partial charge in [0.05, 0.1) is 25.3 Å². The maximum Gasteiger partial charge on any atom is 0.302 e. The minimum Gasteiger partial charge on any atom is -0.461 e. The molecule has 2 aromatic carbocycles. The number of hydrogen-bond acceptors (Lipinski definition) is 5. The van der Waals surface area contributed by atoms with E-state index in [0.717, 1.165) is 32.5 Å². The quantitative estimate of drug-likeness (QED) is 0.680. The zero-order valence-electron chi connectivity index (χ0n) is 18.0. The Labute approximate surface area is 179 Å².